The predicted octanol–water partition coefficient (Wildman–Crippen LogP) is 1.11. The number of amides is 1. The minimum atomic E-state index is -0.102. The van der Waals surface area contributed by atoms with Crippen molar-refractivity contribution in [2.45, 2.75) is 38.4 Å². The standard InChI is InChI=1S/C15H23N3O/c1-12-8-10-18(11-13-5-3-2-4-6-13)14(7-9-16)15(19)17-12/h2-6,12,14H,7-11,16H2,1H3,(H,17,19). The second-order valence-electron chi connectivity index (χ2n) is 5.25. The molecular formula is C15H23N3O. The van der Waals surface area contributed by atoms with Gasteiger partial charge in [-0.2, -0.15) is 0 Å². The highest BCUT2D eigenvalue weighted by molar-refractivity contribution is 5.82. The summed E-state index contributed by atoms with van der Waals surface area (Å²) < 4.78 is 0. The first kappa shape index (κ1) is 14.0. The fourth-order valence-corrected chi connectivity index (χ4v) is 2.57. The third-order valence-electron chi connectivity index (χ3n) is 3.65. The maximum absolute atomic E-state index is 12.2. The van der Waals surface area contributed by atoms with Gasteiger partial charge in [0.25, 0.3) is 0 Å². The molecule has 1 fully saturated rings. The molecule has 1 aliphatic heterocycles. The van der Waals surface area contributed by atoms with Crippen molar-refractivity contribution < 1.29 is 4.79 Å². The molecule has 0 bridgehead atoms. The molecule has 2 rings (SSSR count). The number of rotatable bonds is 4. The van der Waals surface area contributed by atoms with Gasteiger partial charge in [-0.3, -0.25) is 9.69 Å². The van der Waals surface area contributed by atoms with Crippen LogP contribution in [0.2, 0.25) is 0 Å². The summed E-state index contributed by atoms with van der Waals surface area (Å²) in [5.41, 5.74) is 6.90. The van der Waals surface area contributed by atoms with Crippen LogP contribution in [-0.2, 0) is 11.3 Å². The van der Waals surface area contributed by atoms with Crippen molar-refractivity contribution in [2.24, 2.45) is 5.73 Å². The predicted molar refractivity (Wildman–Crippen MR) is 76.5 cm³/mol. The van der Waals surface area contributed by atoms with Crippen molar-refractivity contribution in [1.29, 1.82) is 0 Å². The molecule has 1 saturated heterocycles. The zero-order chi connectivity index (χ0) is 13.7. The third-order valence-corrected chi connectivity index (χ3v) is 3.65. The molecule has 0 spiro atoms. The Kier molecular flexibility index (Phi) is 4.93. The Balaban J connectivity index is 2.12. The summed E-state index contributed by atoms with van der Waals surface area (Å²) in [7, 11) is 0. The van der Waals surface area contributed by atoms with Crippen molar-refractivity contribution in [2.75, 3.05) is 13.1 Å². The van der Waals surface area contributed by atoms with E-state index in [2.05, 4.69) is 29.3 Å². The second-order valence-corrected chi connectivity index (χ2v) is 5.25. The van der Waals surface area contributed by atoms with E-state index in [1.807, 2.05) is 18.2 Å². The van der Waals surface area contributed by atoms with Crippen molar-refractivity contribution in [3.8, 4) is 0 Å². The van der Waals surface area contributed by atoms with Crippen molar-refractivity contribution >= 4 is 5.91 Å². The Morgan fingerprint density at radius 1 is 1.37 bits per heavy atom. The van der Waals surface area contributed by atoms with Crippen LogP contribution >= 0.6 is 0 Å². The summed E-state index contributed by atoms with van der Waals surface area (Å²) in [6.45, 7) is 4.34. The molecule has 0 saturated carbocycles. The number of carbonyl (C=O) groups excluding carboxylic acids is 1. The number of carbonyl (C=O) groups is 1. The minimum absolute atomic E-state index is 0.102. The van der Waals surface area contributed by atoms with Crippen LogP contribution in [0.5, 0.6) is 0 Å². The molecule has 1 aromatic carbocycles. The van der Waals surface area contributed by atoms with Crippen molar-refractivity contribution in [3.63, 3.8) is 0 Å². The summed E-state index contributed by atoms with van der Waals surface area (Å²) in [6, 6.07) is 10.4. The van der Waals surface area contributed by atoms with Gasteiger partial charge in [-0.15, -0.1) is 0 Å². The quantitative estimate of drug-likeness (QED) is 0.854. The topological polar surface area (TPSA) is 58.4 Å². The van der Waals surface area contributed by atoms with Crippen LogP contribution < -0.4 is 11.1 Å². The number of nitrogens with one attached hydrogen (secondary N) is 1. The maximum atomic E-state index is 12.2. The number of benzene rings is 1. The normalized spacial score (nSPS) is 24.8. The number of nitrogens with zero attached hydrogens (tertiary/aromatic N) is 1. The Morgan fingerprint density at radius 2 is 2.11 bits per heavy atom. The zero-order valence-electron chi connectivity index (χ0n) is 11.5. The number of hydrogen-bond acceptors (Lipinski definition) is 3. The fraction of sp³-hybridized carbons (Fsp3) is 0.533. The summed E-state index contributed by atoms with van der Waals surface area (Å²) in [4.78, 5) is 14.5. The maximum Gasteiger partial charge on any atom is 0.237 e. The van der Waals surface area contributed by atoms with E-state index in [0.29, 0.717) is 13.0 Å². The summed E-state index contributed by atoms with van der Waals surface area (Å²) >= 11 is 0. The van der Waals surface area contributed by atoms with Gasteiger partial charge in [0.1, 0.15) is 0 Å². The monoisotopic (exact) mass is 261 g/mol. The Bertz CT molecular complexity index is 407. The van der Waals surface area contributed by atoms with E-state index in [1.54, 1.807) is 0 Å². The van der Waals surface area contributed by atoms with Gasteiger partial charge in [-0.05, 0) is 31.9 Å². The molecule has 104 valence electrons. The lowest BCUT2D eigenvalue weighted by Crippen LogP contribution is -2.45. The van der Waals surface area contributed by atoms with Crippen LogP contribution in [-0.4, -0.2) is 36.0 Å². The molecule has 2 atom stereocenters. The van der Waals surface area contributed by atoms with E-state index in [4.69, 9.17) is 5.73 Å². The van der Waals surface area contributed by atoms with Crippen LogP contribution in [0.4, 0.5) is 0 Å². The van der Waals surface area contributed by atoms with Gasteiger partial charge in [0.2, 0.25) is 5.91 Å². The van der Waals surface area contributed by atoms with Gasteiger partial charge in [0, 0.05) is 19.1 Å². The van der Waals surface area contributed by atoms with Crippen LogP contribution in [0.25, 0.3) is 0 Å². The smallest absolute Gasteiger partial charge is 0.237 e. The van der Waals surface area contributed by atoms with Gasteiger partial charge < -0.3 is 11.1 Å². The highest BCUT2D eigenvalue weighted by atomic mass is 16.2. The largest absolute Gasteiger partial charge is 0.352 e. The van der Waals surface area contributed by atoms with Crippen molar-refractivity contribution in [3.05, 3.63) is 35.9 Å². The van der Waals surface area contributed by atoms with Crippen molar-refractivity contribution in [1.82, 2.24) is 10.2 Å². The van der Waals surface area contributed by atoms with E-state index in [0.717, 1.165) is 19.5 Å². The average molecular weight is 261 g/mol. The highest BCUT2D eigenvalue weighted by Crippen LogP contribution is 2.15. The van der Waals surface area contributed by atoms with Gasteiger partial charge in [0.05, 0.1) is 6.04 Å². The van der Waals surface area contributed by atoms with E-state index in [9.17, 15) is 4.79 Å². The third kappa shape index (κ3) is 3.78. The second kappa shape index (κ2) is 6.68. The number of hydrogen-bond donors (Lipinski definition) is 2. The van der Waals surface area contributed by atoms with Gasteiger partial charge in [-0.25, -0.2) is 0 Å². The molecule has 1 aliphatic rings. The summed E-state index contributed by atoms with van der Waals surface area (Å²) in [6.07, 6.45) is 1.70. The molecule has 19 heavy (non-hydrogen) atoms. The first-order valence-corrected chi connectivity index (χ1v) is 6.99. The molecule has 0 radical (unpaired) electrons. The molecular weight excluding hydrogens is 238 g/mol. The lowest BCUT2D eigenvalue weighted by molar-refractivity contribution is -0.126. The Labute approximate surface area is 115 Å². The summed E-state index contributed by atoms with van der Waals surface area (Å²) in [5.74, 6) is 0.117. The van der Waals surface area contributed by atoms with Crippen LogP contribution in [0.15, 0.2) is 30.3 Å². The molecule has 2 unspecified atom stereocenters. The number of nitrogens with two attached hydrogens (primary N) is 1. The molecule has 4 heteroatoms. The molecule has 0 aliphatic carbocycles. The van der Waals surface area contributed by atoms with Crippen LogP contribution in [0.1, 0.15) is 25.3 Å². The minimum Gasteiger partial charge on any atom is -0.352 e. The average Bonchev–Trinajstić information content (AvgIpc) is 2.53. The lowest BCUT2D eigenvalue weighted by Gasteiger charge is -2.27. The van der Waals surface area contributed by atoms with E-state index in [1.165, 1.54) is 5.56 Å². The SMILES string of the molecule is CC1CCN(Cc2ccccc2)C(CCN)C(=O)N1. The lowest BCUT2D eigenvalue weighted by atomic mass is 10.1. The van der Waals surface area contributed by atoms with Crippen LogP contribution in [0, 0.1) is 0 Å². The Hall–Kier alpha value is -1.39. The first-order chi connectivity index (χ1) is 9.20. The molecule has 1 aromatic rings. The highest BCUT2D eigenvalue weighted by Gasteiger charge is 2.29. The van der Waals surface area contributed by atoms with E-state index in [-0.39, 0.29) is 18.0 Å². The molecule has 4 nitrogen and oxygen atoms in total. The van der Waals surface area contributed by atoms with Gasteiger partial charge >= 0.3 is 0 Å². The molecule has 3 N–H and O–H groups in total. The molecule has 0 aromatic heterocycles. The summed E-state index contributed by atoms with van der Waals surface area (Å²) in [5, 5.41) is 3.06. The van der Waals surface area contributed by atoms with Gasteiger partial charge in [-0.1, -0.05) is 30.3 Å². The van der Waals surface area contributed by atoms with Crippen LogP contribution in [0.3, 0.4) is 0 Å². The Morgan fingerprint density at radius 3 is 2.79 bits per heavy atom. The molecule has 1 amide bonds. The van der Waals surface area contributed by atoms with E-state index < -0.39 is 0 Å². The molecule has 1 heterocycles. The fourth-order valence-electron chi connectivity index (χ4n) is 2.57. The first-order valence-electron chi connectivity index (χ1n) is 6.99. The van der Waals surface area contributed by atoms with E-state index >= 15 is 0 Å². The zero-order valence-corrected chi connectivity index (χ0v) is 11.5. The van der Waals surface area contributed by atoms with Gasteiger partial charge in [0.15, 0.2) is 0 Å².